The number of thiol groups is 1. The van der Waals surface area contributed by atoms with Crippen LogP contribution in [0.15, 0.2) is 0 Å². The molecule has 0 N–H and O–H groups in total. The van der Waals surface area contributed by atoms with Gasteiger partial charge in [0.25, 0.3) is 0 Å². The summed E-state index contributed by atoms with van der Waals surface area (Å²) in [5.74, 6) is 0. The third-order valence-corrected chi connectivity index (χ3v) is 15.7. The molecule has 0 atom stereocenters. The van der Waals surface area contributed by atoms with Crippen molar-refractivity contribution in [2.45, 2.75) is 136 Å². The fraction of sp³-hybridized carbons (Fsp3) is 1.00. The van der Waals surface area contributed by atoms with Crippen LogP contribution in [0.5, 0.6) is 0 Å². The van der Waals surface area contributed by atoms with Gasteiger partial charge in [-0.15, -0.1) is 0 Å². The van der Waals surface area contributed by atoms with Gasteiger partial charge in [0.05, 0.1) is 0 Å². The van der Waals surface area contributed by atoms with Crippen LogP contribution in [0.25, 0.3) is 0 Å². The van der Waals surface area contributed by atoms with Crippen LogP contribution in [0.2, 0.25) is 0 Å². The van der Waals surface area contributed by atoms with E-state index in [-0.39, 0.29) is 0 Å². The van der Waals surface area contributed by atoms with Crippen molar-refractivity contribution in [2.75, 3.05) is 18.5 Å². The maximum absolute atomic E-state index is 5.51. The molecule has 0 bridgehead atoms. The van der Waals surface area contributed by atoms with E-state index in [9.17, 15) is 0 Å². The maximum atomic E-state index is 5.51. The zero-order chi connectivity index (χ0) is 20.3. The summed E-state index contributed by atoms with van der Waals surface area (Å²) in [6, 6.07) is 0. The van der Waals surface area contributed by atoms with Gasteiger partial charge < -0.3 is 0 Å². The first kappa shape index (κ1) is 28.3. The summed E-state index contributed by atoms with van der Waals surface area (Å²) in [7, 11) is 0. The average Bonchev–Trinajstić information content (AvgIpc) is 2.64. The summed E-state index contributed by atoms with van der Waals surface area (Å²) >= 11 is 8.71. The average molecular weight is 484 g/mol. The fourth-order valence-electron chi connectivity index (χ4n) is 4.11. The van der Waals surface area contributed by atoms with Gasteiger partial charge in [-0.2, -0.15) is 0 Å². The zero-order valence-corrected chi connectivity index (χ0v) is 22.9. The molecule has 0 aliphatic rings. The second-order valence-corrected chi connectivity index (χ2v) is 25.4. The van der Waals surface area contributed by atoms with E-state index in [1.54, 1.807) is 0 Å². The molecule has 0 fully saturated rings. The van der Waals surface area contributed by atoms with Crippen LogP contribution in [0.1, 0.15) is 136 Å². The van der Waals surface area contributed by atoms with Crippen molar-refractivity contribution >= 4 is 32.3 Å². The van der Waals surface area contributed by atoms with Crippen molar-refractivity contribution in [1.29, 1.82) is 0 Å². The van der Waals surface area contributed by atoms with Gasteiger partial charge in [-0.1, -0.05) is 0 Å². The van der Waals surface area contributed by atoms with Crippen molar-refractivity contribution in [3.63, 3.8) is 0 Å². The molecule has 0 spiro atoms. The van der Waals surface area contributed by atoms with Crippen molar-refractivity contribution < 1.29 is 0 Å². The third kappa shape index (κ3) is 17.8. The zero-order valence-electron chi connectivity index (χ0n) is 19.2. The number of unbranched alkanes of at least 4 members (excludes halogenated alkanes) is 15. The van der Waals surface area contributed by atoms with Gasteiger partial charge in [0.15, 0.2) is 0 Å². The summed E-state index contributed by atoms with van der Waals surface area (Å²) in [4.78, 5) is 0. The summed E-state index contributed by atoms with van der Waals surface area (Å²) in [5.41, 5.74) is 0. The Balaban J connectivity index is 4.29. The van der Waals surface area contributed by atoms with Crippen LogP contribution in [0.4, 0.5) is 0 Å². The second kappa shape index (κ2) is 18.1. The Bertz CT molecular complexity index is 272. The first-order chi connectivity index (χ1) is 13.0. The molecule has 0 aromatic carbocycles. The molecule has 3 heteroatoms. The predicted octanol–water partition coefficient (Wildman–Crippen LogP) is 9.28. The summed E-state index contributed by atoms with van der Waals surface area (Å²) in [6.45, 7) is 6.93. The molecule has 0 aromatic heterocycles. The van der Waals surface area contributed by atoms with Crippen LogP contribution in [-0.4, -0.2) is 34.1 Å². The molecule has 0 aliphatic heterocycles. The van der Waals surface area contributed by atoms with Crippen molar-refractivity contribution in [3.05, 3.63) is 0 Å². The summed E-state index contributed by atoms with van der Waals surface area (Å²) in [5, 5.41) is 0. The molecule has 0 aliphatic carbocycles. The molecule has 0 nitrogen and oxygen atoms in total. The molecule has 0 rings (SSSR count). The second-order valence-electron chi connectivity index (χ2n) is 9.08. The Labute approximate surface area is 186 Å². The van der Waals surface area contributed by atoms with E-state index < -0.39 is 4.49 Å². The normalized spacial score (nSPS) is 13.6. The molecule has 0 heterocycles. The van der Waals surface area contributed by atoms with Gasteiger partial charge in [0.2, 0.25) is 0 Å². The molecule has 0 amide bonds. The molecule has 0 saturated carbocycles. The van der Waals surface area contributed by atoms with Gasteiger partial charge in [0, 0.05) is 0 Å². The van der Waals surface area contributed by atoms with E-state index >= 15 is 0 Å². The molecular weight excluding hydrogens is 430 g/mol. The molecular formula is C24H53PSSe. The van der Waals surface area contributed by atoms with E-state index in [0.29, 0.717) is 0 Å². The summed E-state index contributed by atoms with van der Waals surface area (Å²) in [6.07, 6.45) is 29.8. The van der Waals surface area contributed by atoms with E-state index in [0.717, 1.165) is 0 Å². The Morgan fingerprint density at radius 1 is 0.444 bits per heavy atom. The Morgan fingerprint density at radius 2 is 0.667 bits per heavy atom. The molecule has 0 aromatic rings. The standard InChI is InChI=1S/C24H53PSSe/c1-4-7-10-13-16-19-22-25(26,27,23-20-17-14-11-8-5-2)24-21-18-15-12-9-6-3/h26-27H,4-24H2,1-3H3. The van der Waals surface area contributed by atoms with Crippen LogP contribution < -0.4 is 0 Å². The van der Waals surface area contributed by atoms with Gasteiger partial charge in [0.1, 0.15) is 0 Å². The van der Waals surface area contributed by atoms with Crippen LogP contribution in [0, 0.1) is 0 Å². The SMILES string of the molecule is CCCCCCCCP(S)([SeH])(CCCCCCCC)CCCCCCCC. The van der Waals surface area contributed by atoms with Gasteiger partial charge in [-0.3, -0.25) is 0 Å². The fourth-order valence-corrected chi connectivity index (χ4v) is 11.6. The molecule has 0 saturated heterocycles. The Hall–Kier alpha value is 1.30. The molecule has 0 unspecified atom stereocenters. The molecule has 0 radical (unpaired) electrons. The van der Waals surface area contributed by atoms with Crippen LogP contribution in [0.3, 0.4) is 0 Å². The van der Waals surface area contributed by atoms with Crippen LogP contribution in [-0.2, 0) is 0 Å². The topological polar surface area (TPSA) is 0 Å². The first-order valence-corrected chi connectivity index (χ1v) is 18.9. The molecule has 27 heavy (non-hydrogen) atoms. The summed E-state index contributed by atoms with van der Waals surface area (Å²) < 4.78 is -1.81. The van der Waals surface area contributed by atoms with E-state index in [2.05, 4.69) is 36.3 Å². The van der Waals surface area contributed by atoms with E-state index in [1.165, 1.54) is 134 Å². The van der Waals surface area contributed by atoms with E-state index in [4.69, 9.17) is 12.2 Å². The van der Waals surface area contributed by atoms with Crippen molar-refractivity contribution in [2.24, 2.45) is 0 Å². The van der Waals surface area contributed by atoms with Gasteiger partial charge in [-0.05, 0) is 0 Å². The quantitative estimate of drug-likeness (QED) is 0.0715. The Kier molecular flexibility index (Phi) is 19.0. The van der Waals surface area contributed by atoms with E-state index in [1.807, 2.05) is 0 Å². The Morgan fingerprint density at radius 3 is 0.926 bits per heavy atom. The number of rotatable bonds is 21. The minimum atomic E-state index is -1.81. The van der Waals surface area contributed by atoms with Crippen molar-refractivity contribution in [3.8, 4) is 0 Å². The van der Waals surface area contributed by atoms with Crippen molar-refractivity contribution in [1.82, 2.24) is 0 Å². The number of hydrogen-bond acceptors (Lipinski definition) is 1. The van der Waals surface area contributed by atoms with Gasteiger partial charge >= 0.3 is 187 Å². The van der Waals surface area contributed by atoms with Gasteiger partial charge in [-0.25, -0.2) is 0 Å². The monoisotopic (exact) mass is 484 g/mol. The predicted molar refractivity (Wildman–Crippen MR) is 138 cm³/mol. The third-order valence-electron chi connectivity index (χ3n) is 6.08. The molecule has 166 valence electrons. The van der Waals surface area contributed by atoms with Crippen LogP contribution >= 0.6 is 16.7 Å². The first-order valence-electron chi connectivity index (χ1n) is 12.5. The number of hydrogen-bond donors (Lipinski definition) is 1. The minimum absolute atomic E-state index is 1.35.